The second-order valence-corrected chi connectivity index (χ2v) is 9.77. The number of aromatic nitrogens is 4. The third-order valence-electron chi connectivity index (χ3n) is 5.06. The lowest BCUT2D eigenvalue weighted by atomic mass is 10.2. The maximum absolute atomic E-state index is 12.6. The van der Waals surface area contributed by atoms with Gasteiger partial charge in [-0.05, 0) is 48.4 Å². The molecule has 0 bridgehead atoms. The Morgan fingerprint density at radius 1 is 1.06 bits per heavy atom. The van der Waals surface area contributed by atoms with Crippen molar-refractivity contribution in [2.24, 2.45) is 0 Å². The highest BCUT2D eigenvalue weighted by Crippen LogP contribution is 2.28. The van der Waals surface area contributed by atoms with Crippen LogP contribution in [0.1, 0.15) is 27.2 Å². The number of hydrogen-bond acceptors (Lipinski definition) is 7. The minimum Gasteiger partial charge on any atom is -0.487 e. The van der Waals surface area contributed by atoms with Gasteiger partial charge < -0.3 is 9.14 Å². The van der Waals surface area contributed by atoms with Crippen LogP contribution < -0.4 is 10.1 Å². The Balaban J connectivity index is 1.14. The highest BCUT2D eigenvalue weighted by atomic mass is 32.2. The van der Waals surface area contributed by atoms with Gasteiger partial charge in [0, 0.05) is 23.7 Å². The van der Waals surface area contributed by atoms with Gasteiger partial charge in [-0.25, -0.2) is 4.98 Å². The lowest BCUT2D eigenvalue weighted by Gasteiger charge is -2.05. The van der Waals surface area contributed by atoms with Gasteiger partial charge in [-0.15, -0.1) is 10.2 Å². The molecule has 0 atom stereocenters. The molecule has 0 saturated heterocycles. The molecular formula is C25H21N5O2S2. The first-order chi connectivity index (χ1) is 16.6. The summed E-state index contributed by atoms with van der Waals surface area (Å²) < 4.78 is 8.65. The lowest BCUT2D eigenvalue weighted by Crippen LogP contribution is -2.11. The Bertz CT molecular complexity index is 1410. The van der Waals surface area contributed by atoms with Gasteiger partial charge in [0.2, 0.25) is 5.13 Å². The number of imidazole rings is 1. The van der Waals surface area contributed by atoms with E-state index in [9.17, 15) is 4.79 Å². The minimum atomic E-state index is -0.238. The van der Waals surface area contributed by atoms with Crippen LogP contribution in [-0.2, 0) is 12.4 Å². The van der Waals surface area contributed by atoms with Gasteiger partial charge in [0.05, 0.1) is 5.69 Å². The van der Waals surface area contributed by atoms with Gasteiger partial charge >= 0.3 is 0 Å². The first-order valence-electron chi connectivity index (χ1n) is 10.6. The van der Waals surface area contributed by atoms with Crippen LogP contribution in [0, 0.1) is 6.92 Å². The first kappa shape index (κ1) is 22.1. The van der Waals surface area contributed by atoms with Crippen molar-refractivity contribution in [1.29, 1.82) is 0 Å². The first-order valence-corrected chi connectivity index (χ1v) is 12.4. The molecule has 9 heteroatoms. The van der Waals surface area contributed by atoms with Gasteiger partial charge in [-0.1, -0.05) is 59.5 Å². The van der Waals surface area contributed by atoms with Gasteiger partial charge in [0.15, 0.2) is 4.34 Å². The Kier molecular flexibility index (Phi) is 6.55. The molecule has 0 aliphatic rings. The molecule has 0 aliphatic heterocycles. The molecule has 0 aliphatic carbocycles. The molecule has 5 rings (SSSR count). The number of thioether (sulfide) groups is 1. The molecule has 170 valence electrons. The SMILES string of the molecule is Cc1cccn2cc(COc3ccc(C(=O)Nc4nnc(SCc5ccccc5)s4)cc3)nc12. The average Bonchev–Trinajstić information content (AvgIpc) is 3.50. The second kappa shape index (κ2) is 10.1. The van der Waals surface area contributed by atoms with Crippen molar-refractivity contribution in [1.82, 2.24) is 19.6 Å². The standard InChI is InChI=1S/C25H21N5O2S2/c1-17-6-5-13-30-14-20(26-22(17)30)15-32-21-11-9-19(10-12-21)23(31)27-24-28-29-25(34-24)33-16-18-7-3-2-4-8-18/h2-14H,15-16H2,1H3,(H,27,28,31). The summed E-state index contributed by atoms with van der Waals surface area (Å²) in [6.45, 7) is 2.38. The molecular weight excluding hydrogens is 466 g/mol. The predicted octanol–water partition coefficient (Wildman–Crippen LogP) is 5.62. The molecule has 0 saturated carbocycles. The van der Waals surface area contributed by atoms with Gasteiger partial charge in [0.1, 0.15) is 18.0 Å². The van der Waals surface area contributed by atoms with Gasteiger partial charge in [0.25, 0.3) is 5.91 Å². The van der Waals surface area contributed by atoms with E-state index in [2.05, 4.69) is 32.6 Å². The molecule has 0 fully saturated rings. The van der Waals surface area contributed by atoms with E-state index < -0.39 is 0 Å². The third-order valence-corrected chi connectivity index (χ3v) is 7.11. The Labute approximate surface area is 204 Å². The minimum absolute atomic E-state index is 0.238. The number of carbonyl (C=O) groups is 1. The quantitative estimate of drug-likeness (QED) is 0.226. The topological polar surface area (TPSA) is 81.4 Å². The number of fused-ring (bicyclic) bond motifs is 1. The van der Waals surface area contributed by atoms with Gasteiger partial charge in [-0.2, -0.15) is 0 Å². The summed E-state index contributed by atoms with van der Waals surface area (Å²) in [5.74, 6) is 1.23. The normalized spacial score (nSPS) is 11.0. The molecule has 1 N–H and O–H groups in total. The Morgan fingerprint density at radius 2 is 1.88 bits per heavy atom. The molecule has 34 heavy (non-hydrogen) atoms. The number of carbonyl (C=O) groups excluding carboxylic acids is 1. The summed E-state index contributed by atoms with van der Waals surface area (Å²) in [4.78, 5) is 17.2. The Hall–Kier alpha value is -3.69. The zero-order chi connectivity index (χ0) is 23.3. The van der Waals surface area contributed by atoms with Crippen molar-refractivity contribution in [2.75, 3.05) is 5.32 Å². The number of nitrogens with zero attached hydrogens (tertiary/aromatic N) is 4. The van der Waals surface area contributed by atoms with Crippen LogP contribution in [0.25, 0.3) is 5.65 Å². The number of nitrogens with one attached hydrogen (secondary N) is 1. The van der Waals surface area contributed by atoms with Crippen LogP contribution in [0.3, 0.4) is 0 Å². The molecule has 0 radical (unpaired) electrons. The van der Waals surface area contributed by atoms with Crippen LogP contribution in [0.2, 0.25) is 0 Å². The molecule has 3 aromatic heterocycles. The fourth-order valence-electron chi connectivity index (χ4n) is 3.34. The summed E-state index contributed by atoms with van der Waals surface area (Å²) in [5, 5.41) is 11.5. The van der Waals surface area contributed by atoms with E-state index in [4.69, 9.17) is 4.74 Å². The average molecular weight is 488 g/mol. The zero-order valence-electron chi connectivity index (χ0n) is 18.3. The molecule has 0 spiro atoms. The summed E-state index contributed by atoms with van der Waals surface area (Å²) >= 11 is 2.96. The third kappa shape index (κ3) is 5.27. The molecule has 2 aromatic carbocycles. The van der Waals surface area contributed by atoms with Gasteiger partial charge in [-0.3, -0.25) is 10.1 Å². The van der Waals surface area contributed by atoms with Crippen LogP contribution in [0.4, 0.5) is 5.13 Å². The summed E-state index contributed by atoms with van der Waals surface area (Å²) in [7, 11) is 0. The molecule has 1 amide bonds. The predicted molar refractivity (Wildman–Crippen MR) is 135 cm³/mol. The largest absolute Gasteiger partial charge is 0.487 e. The number of rotatable bonds is 8. The number of aryl methyl sites for hydroxylation is 1. The highest BCUT2D eigenvalue weighted by molar-refractivity contribution is 8.00. The van der Waals surface area contributed by atoms with Crippen molar-refractivity contribution in [3.05, 3.63) is 102 Å². The Morgan fingerprint density at radius 3 is 2.68 bits per heavy atom. The van der Waals surface area contributed by atoms with Crippen LogP contribution in [0.5, 0.6) is 5.75 Å². The molecule has 5 aromatic rings. The van der Waals surface area contributed by atoms with Crippen molar-refractivity contribution in [3.63, 3.8) is 0 Å². The van der Waals surface area contributed by atoms with E-state index in [1.807, 2.05) is 54.0 Å². The fraction of sp³-hybridized carbons (Fsp3) is 0.120. The number of pyridine rings is 1. The molecule has 7 nitrogen and oxygen atoms in total. The smallest absolute Gasteiger partial charge is 0.257 e. The van der Waals surface area contributed by atoms with E-state index in [1.165, 1.54) is 16.9 Å². The van der Waals surface area contributed by atoms with Crippen LogP contribution in [0.15, 0.2) is 83.5 Å². The van der Waals surface area contributed by atoms with Crippen molar-refractivity contribution in [2.45, 2.75) is 23.6 Å². The van der Waals surface area contributed by atoms with E-state index in [0.29, 0.717) is 23.1 Å². The molecule has 3 heterocycles. The van der Waals surface area contributed by atoms with Crippen LogP contribution in [-0.4, -0.2) is 25.5 Å². The van der Waals surface area contributed by atoms with Crippen LogP contribution >= 0.6 is 23.1 Å². The summed E-state index contributed by atoms with van der Waals surface area (Å²) in [5.41, 5.74) is 4.61. The lowest BCUT2D eigenvalue weighted by molar-refractivity contribution is 0.102. The maximum Gasteiger partial charge on any atom is 0.257 e. The second-order valence-electron chi connectivity index (χ2n) is 7.57. The highest BCUT2D eigenvalue weighted by Gasteiger charge is 2.11. The van der Waals surface area contributed by atoms with Crippen molar-refractivity contribution >= 4 is 39.8 Å². The van der Waals surface area contributed by atoms with E-state index in [1.54, 1.807) is 36.0 Å². The number of benzene rings is 2. The number of ether oxygens (including phenoxy) is 1. The number of amides is 1. The maximum atomic E-state index is 12.6. The number of anilines is 1. The fourth-order valence-corrected chi connectivity index (χ4v) is 5.04. The monoisotopic (exact) mass is 487 g/mol. The summed E-state index contributed by atoms with van der Waals surface area (Å²) in [6, 6.07) is 21.2. The van der Waals surface area contributed by atoms with E-state index >= 15 is 0 Å². The van der Waals surface area contributed by atoms with E-state index in [0.717, 1.165) is 27.0 Å². The van der Waals surface area contributed by atoms with E-state index in [-0.39, 0.29) is 5.91 Å². The zero-order valence-corrected chi connectivity index (χ0v) is 20.0. The summed E-state index contributed by atoms with van der Waals surface area (Å²) in [6.07, 6.45) is 3.92. The number of hydrogen-bond donors (Lipinski definition) is 1. The molecule has 0 unspecified atom stereocenters. The van der Waals surface area contributed by atoms with Crippen molar-refractivity contribution in [3.8, 4) is 5.75 Å². The van der Waals surface area contributed by atoms with Crippen molar-refractivity contribution < 1.29 is 9.53 Å².